The number of nitrogens with one attached hydrogen (secondary N) is 1. The van der Waals surface area contributed by atoms with Crippen LogP contribution in [-0.4, -0.2) is 18.0 Å². The van der Waals surface area contributed by atoms with E-state index in [9.17, 15) is 18.0 Å². The third-order valence-electron chi connectivity index (χ3n) is 4.59. The SMILES string of the molecule is CC(C)(N)CNC(=O)C1(c2cccc(C(F)(F)F)c2)CCCCC1.Cl. The van der Waals surface area contributed by atoms with Crippen molar-refractivity contribution in [1.82, 2.24) is 5.32 Å². The number of hydrogen-bond acceptors (Lipinski definition) is 2. The molecule has 0 bridgehead atoms. The summed E-state index contributed by atoms with van der Waals surface area (Å²) >= 11 is 0. The Morgan fingerprint density at radius 2 is 1.80 bits per heavy atom. The molecule has 1 aliphatic carbocycles. The topological polar surface area (TPSA) is 55.1 Å². The molecule has 0 saturated heterocycles. The molecule has 1 amide bonds. The number of carbonyl (C=O) groups is 1. The van der Waals surface area contributed by atoms with E-state index < -0.39 is 22.7 Å². The van der Waals surface area contributed by atoms with Gasteiger partial charge in [-0.15, -0.1) is 12.4 Å². The standard InChI is InChI=1S/C18H25F3N2O.ClH/c1-16(2,22)12-23-15(24)17(9-4-3-5-10-17)13-7-6-8-14(11-13)18(19,20)21;/h6-8,11H,3-5,9-10,12,22H2,1-2H3,(H,23,24);1H. The summed E-state index contributed by atoms with van der Waals surface area (Å²) in [6.07, 6.45) is -0.639. The van der Waals surface area contributed by atoms with E-state index in [2.05, 4.69) is 5.32 Å². The number of hydrogen-bond donors (Lipinski definition) is 2. The van der Waals surface area contributed by atoms with Crippen molar-refractivity contribution in [2.45, 2.75) is 63.1 Å². The first-order valence-corrected chi connectivity index (χ1v) is 8.30. The van der Waals surface area contributed by atoms with E-state index >= 15 is 0 Å². The first kappa shape index (κ1) is 21.8. The second-order valence-corrected chi connectivity index (χ2v) is 7.39. The van der Waals surface area contributed by atoms with Gasteiger partial charge in [-0.05, 0) is 38.3 Å². The highest BCUT2D eigenvalue weighted by atomic mass is 35.5. The molecule has 1 fully saturated rings. The monoisotopic (exact) mass is 378 g/mol. The second-order valence-electron chi connectivity index (χ2n) is 7.39. The van der Waals surface area contributed by atoms with Crippen molar-refractivity contribution >= 4 is 18.3 Å². The lowest BCUT2D eigenvalue weighted by Crippen LogP contribution is -2.52. The molecule has 0 aromatic heterocycles. The lowest BCUT2D eigenvalue weighted by molar-refractivity contribution is -0.138. The number of rotatable bonds is 4. The number of alkyl halides is 3. The molecule has 0 spiro atoms. The van der Waals surface area contributed by atoms with Crippen LogP contribution in [-0.2, 0) is 16.4 Å². The zero-order chi connectivity index (χ0) is 18.0. The number of benzene rings is 1. The van der Waals surface area contributed by atoms with E-state index in [1.54, 1.807) is 19.9 Å². The van der Waals surface area contributed by atoms with Crippen LogP contribution < -0.4 is 11.1 Å². The van der Waals surface area contributed by atoms with Gasteiger partial charge in [0.05, 0.1) is 11.0 Å². The van der Waals surface area contributed by atoms with Crippen molar-refractivity contribution in [3.63, 3.8) is 0 Å². The van der Waals surface area contributed by atoms with Crippen molar-refractivity contribution < 1.29 is 18.0 Å². The van der Waals surface area contributed by atoms with Crippen molar-refractivity contribution in [3.05, 3.63) is 35.4 Å². The number of amides is 1. The smallest absolute Gasteiger partial charge is 0.354 e. The molecule has 142 valence electrons. The van der Waals surface area contributed by atoms with Crippen LogP contribution in [0.2, 0.25) is 0 Å². The predicted molar refractivity (Wildman–Crippen MR) is 94.7 cm³/mol. The van der Waals surface area contributed by atoms with Crippen LogP contribution in [0.25, 0.3) is 0 Å². The van der Waals surface area contributed by atoms with Crippen LogP contribution in [0.1, 0.15) is 57.1 Å². The summed E-state index contributed by atoms with van der Waals surface area (Å²) in [4.78, 5) is 12.9. The van der Waals surface area contributed by atoms with Crippen LogP contribution in [0, 0.1) is 0 Å². The molecule has 0 heterocycles. The van der Waals surface area contributed by atoms with Gasteiger partial charge in [0.1, 0.15) is 0 Å². The Morgan fingerprint density at radius 3 is 2.32 bits per heavy atom. The van der Waals surface area contributed by atoms with E-state index in [-0.39, 0.29) is 24.9 Å². The van der Waals surface area contributed by atoms with Gasteiger partial charge in [-0.2, -0.15) is 13.2 Å². The van der Waals surface area contributed by atoms with E-state index in [1.807, 2.05) is 0 Å². The molecule has 1 aromatic carbocycles. The minimum atomic E-state index is -4.42. The Hall–Kier alpha value is -1.27. The lowest BCUT2D eigenvalue weighted by Gasteiger charge is -2.37. The molecule has 25 heavy (non-hydrogen) atoms. The Bertz CT molecular complexity index is 591. The molecule has 2 rings (SSSR count). The van der Waals surface area contributed by atoms with Gasteiger partial charge in [0.25, 0.3) is 0 Å². The van der Waals surface area contributed by atoms with Gasteiger partial charge in [0, 0.05) is 12.1 Å². The molecule has 0 unspecified atom stereocenters. The number of nitrogens with two attached hydrogens (primary N) is 1. The van der Waals surface area contributed by atoms with Crippen molar-refractivity contribution in [1.29, 1.82) is 0 Å². The Balaban J connectivity index is 0.00000312. The summed E-state index contributed by atoms with van der Waals surface area (Å²) in [5.41, 5.74) is 4.18. The fourth-order valence-corrected chi connectivity index (χ4v) is 3.27. The zero-order valence-corrected chi connectivity index (χ0v) is 15.4. The summed E-state index contributed by atoms with van der Waals surface area (Å²) < 4.78 is 39.1. The van der Waals surface area contributed by atoms with Gasteiger partial charge in [-0.3, -0.25) is 4.79 Å². The Labute approximate surface area is 153 Å². The summed E-state index contributed by atoms with van der Waals surface area (Å²) in [5.74, 6) is -0.222. The third-order valence-corrected chi connectivity index (χ3v) is 4.59. The van der Waals surface area contributed by atoms with Crippen molar-refractivity contribution in [2.24, 2.45) is 5.73 Å². The fourth-order valence-electron chi connectivity index (χ4n) is 3.27. The average Bonchev–Trinajstić information content (AvgIpc) is 2.52. The summed E-state index contributed by atoms with van der Waals surface area (Å²) in [7, 11) is 0. The molecule has 0 atom stereocenters. The van der Waals surface area contributed by atoms with E-state index in [0.717, 1.165) is 31.4 Å². The Morgan fingerprint density at radius 1 is 1.20 bits per heavy atom. The van der Waals surface area contributed by atoms with E-state index in [0.29, 0.717) is 18.4 Å². The quantitative estimate of drug-likeness (QED) is 0.825. The first-order valence-electron chi connectivity index (χ1n) is 8.30. The molecule has 3 nitrogen and oxygen atoms in total. The minimum Gasteiger partial charge on any atom is -0.354 e. The third kappa shape index (κ3) is 5.35. The minimum absolute atomic E-state index is 0. The van der Waals surface area contributed by atoms with Crippen molar-refractivity contribution in [2.75, 3.05) is 6.54 Å². The largest absolute Gasteiger partial charge is 0.416 e. The van der Waals surface area contributed by atoms with Crippen LogP contribution in [0.15, 0.2) is 24.3 Å². The molecular formula is C18H26ClF3N2O. The maximum absolute atomic E-state index is 13.0. The van der Waals surface area contributed by atoms with Crippen LogP contribution in [0.3, 0.4) is 0 Å². The molecule has 0 radical (unpaired) electrons. The van der Waals surface area contributed by atoms with Gasteiger partial charge in [-0.1, -0.05) is 37.5 Å². The highest BCUT2D eigenvalue weighted by Crippen LogP contribution is 2.41. The maximum Gasteiger partial charge on any atom is 0.416 e. The molecule has 1 aliphatic rings. The van der Waals surface area contributed by atoms with Gasteiger partial charge < -0.3 is 11.1 Å². The highest BCUT2D eigenvalue weighted by Gasteiger charge is 2.42. The Kier molecular flexibility index (Phi) is 6.93. The van der Waals surface area contributed by atoms with Crippen LogP contribution >= 0.6 is 12.4 Å². The molecule has 7 heteroatoms. The maximum atomic E-state index is 13.0. The lowest BCUT2D eigenvalue weighted by atomic mass is 9.68. The average molecular weight is 379 g/mol. The van der Waals surface area contributed by atoms with Crippen LogP contribution in [0.4, 0.5) is 13.2 Å². The fraction of sp³-hybridized carbons (Fsp3) is 0.611. The first-order chi connectivity index (χ1) is 11.0. The van der Waals surface area contributed by atoms with Crippen LogP contribution in [0.5, 0.6) is 0 Å². The normalized spacial score (nSPS) is 17.5. The zero-order valence-electron chi connectivity index (χ0n) is 14.6. The molecule has 3 N–H and O–H groups in total. The predicted octanol–water partition coefficient (Wildman–Crippen LogP) is 4.18. The van der Waals surface area contributed by atoms with Gasteiger partial charge in [0.2, 0.25) is 5.91 Å². The van der Waals surface area contributed by atoms with Gasteiger partial charge in [-0.25, -0.2) is 0 Å². The summed E-state index contributed by atoms with van der Waals surface area (Å²) in [5, 5.41) is 2.84. The number of halogens is 4. The highest BCUT2D eigenvalue weighted by molar-refractivity contribution is 5.88. The summed E-state index contributed by atoms with van der Waals surface area (Å²) in [6, 6.07) is 5.18. The molecular weight excluding hydrogens is 353 g/mol. The van der Waals surface area contributed by atoms with Gasteiger partial charge in [0.15, 0.2) is 0 Å². The molecule has 0 aliphatic heterocycles. The number of carbonyl (C=O) groups excluding carboxylic acids is 1. The second kappa shape index (κ2) is 7.96. The van der Waals surface area contributed by atoms with Crippen molar-refractivity contribution in [3.8, 4) is 0 Å². The van der Waals surface area contributed by atoms with Gasteiger partial charge >= 0.3 is 6.18 Å². The van der Waals surface area contributed by atoms with E-state index in [1.165, 1.54) is 6.07 Å². The molecule has 1 aromatic rings. The molecule has 1 saturated carbocycles. The van der Waals surface area contributed by atoms with E-state index in [4.69, 9.17) is 5.73 Å². The summed E-state index contributed by atoms with van der Waals surface area (Å²) in [6.45, 7) is 3.88.